The molecule has 58 heavy (non-hydrogen) atoms. The first kappa shape index (κ1) is 33.4. The SMILES string of the molecule is CC1(C)c2cc(-c3ccc4c(c3)-c3c(c5ccccc5c5ccccc35)C4(C)C)ccc2-c2ccc(-c3c4ccccc4c(-c4ccccc4)c4ccccc34)cc21. The molecule has 10 aromatic carbocycles. The van der Waals surface area contributed by atoms with Crippen LogP contribution >= 0.6 is 0 Å². The van der Waals surface area contributed by atoms with Crippen LogP contribution in [0.4, 0.5) is 0 Å². The zero-order chi connectivity index (χ0) is 38.9. The van der Waals surface area contributed by atoms with Crippen molar-refractivity contribution in [2.75, 3.05) is 0 Å². The van der Waals surface area contributed by atoms with Crippen molar-refractivity contribution < 1.29 is 0 Å². The number of fused-ring (bicyclic) bond motifs is 13. The van der Waals surface area contributed by atoms with Crippen LogP contribution in [-0.2, 0) is 10.8 Å². The van der Waals surface area contributed by atoms with E-state index in [9.17, 15) is 0 Å². The summed E-state index contributed by atoms with van der Waals surface area (Å²) in [7, 11) is 0. The number of rotatable bonds is 3. The highest BCUT2D eigenvalue weighted by atomic mass is 14.4. The molecule has 12 rings (SSSR count). The summed E-state index contributed by atoms with van der Waals surface area (Å²) < 4.78 is 0. The normalized spacial score (nSPS) is 14.5. The Morgan fingerprint density at radius 1 is 0.259 bits per heavy atom. The number of hydrogen-bond donors (Lipinski definition) is 0. The fourth-order valence-corrected chi connectivity index (χ4v) is 11.1. The Morgan fingerprint density at radius 2 is 0.672 bits per heavy atom. The quantitative estimate of drug-likeness (QED) is 0.125. The molecule has 0 radical (unpaired) electrons. The van der Waals surface area contributed by atoms with Crippen LogP contribution in [0.15, 0.2) is 182 Å². The first-order valence-corrected chi connectivity index (χ1v) is 20.7. The second-order valence-corrected chi connectivity index (χ2v) is 17.6. The molecular weight excluding hydrogens is 697 g/mol. The Labute approximate surface area is 340 Å². The van der Waals surface area contributed by atoms with Gasteiger partial charge in [0.05, 0.1) is 0 Å². The molecule has 0 unspecified atom stereocenters. The predicted octanol–water partition coefficient (Wildman–Crippen LogP) is 15.9. The van der Waals surface area contributed by atoms with Gasteiger partial charge in [-0.05, 0) is 139 Å². The molecule has 0 saturated carbocycles. The molecule has 274 valence electrons. The molecule has 0 spiro atoms. The van der Waals surface area contributed by atoms with Crippen LogP contribution in [0.3, 0.4) is 0 Å². The van der Waals surface area contributed by atoms with Gasteiger partial charge >= 0.3 is 0 Å². The molecule has 0 aliphatic heterocycles. The molecule has 2 aliphatic carbocycles. The molecule has 0 nitrogen and oxygen atoms in total. The molecule has 0 bridgehead atoms. The van der Waals surface area contributed by atoms with Crippen LogP contribution in [0, 0.1) is 0 Å². The lowest BCUT2D eigenvalue weighted by atomic mass is 9.79. The third-order valence-electron chi connectivity index (χ3n) is 13.8. The zero-order valence-corrected chi connectivity index (χ0v) is 33.3. The van der Waals surface area contributed by atoms with E-state index >= 15 is 0 Å². The van der Waals surface area contributed by atoms with E-state index in [4.69, 9.17) is 0 Å². The van der Waals surface area contributed by atoms with Crippen LogP contribution < -0.4 is 0 Å². The van der Waals surface area contributed by atoms with Gasteiger partial charge in [-0.1, -0.05) is 191 Å². The van der Waals surface area contributed by atoms with E-state index in [1.54, 1.807) is 0 Å². The molecule has 10 aromatic rings. The van der Waals surface area contributed by atoms with Gasteiger partial charge in [0.1, 0.15) is 0 Å². The number of benzene rings is 10. The van der Waals surface area contributed by atoms with Crippen LogP contribution in [0.1, 0.15) is 49.9 Å². The lowest BCUT2D eigenvalue weighted by molar-refractivity contribution is 0.661. The van der Waals surface area contributed by atoms with Crippen LogP contribution in [-0.4, -0.2) is 0 Å². The average Bonchev–Trinajstić information content (AvgIpc) is 3.64. The Hall–Kier alpha value is -6.76. The Kier molecular flexibility index (Phi) is 6.84. The molecule has 0 N–H and O–H groups in total. The van der Waals surface area contributed by atoms with Crippen molar-refractivity contribution in [1.82, 2.24) is 0 Å². The summed E-state index contributed by atoms with van der Waals surface area (Å²) >= 11 is 0. The van der Waals surface area contributed by atoms with E-state index in [1.807, 2.05) is 0 Å². The highest BCUT2D eigenvalue weighted by Crippen LogP contribution is 2.56. The van der Waals surface area contributed by atoms with Gasteiger partial charge in [0, 0.05) is 10.8 Å². The van der Waals surface area contributed by atoms with E-state index < -0.39 is 0 Å². The highest BCUT2D eigenvalue weighted by molar-refractivity contribution is 6.22. The van der Waals surface area contributed by atoms with Crippen LogP contribution in [0.25, 0.3) is 98.7 Å². The van der Waals surface area contributed by atoms with Gasteiger partial charge in [-0.15, -0.1) is 0 Å². The summed E-state index contributed by atoms with van der Waals surface area (Å²) in [6.45, 7) is 9.65. The minimum absolute atomic E-state index is 0.107. The molecule has 0 amide bonds. The number of hydrogen-bond acceptors (Lipinski definition) is 0. The zero-order valence-electron chi connectivity index (χ0n) is 33.3. The van der Waals surface area contributed by atoms with Crippen molar-refractivity contribution in [2.24, 2.45) is 0 Å². The van der Waals surface area contributed by atoms with Gasteiger partial charge in [-0.2, -0.15) is 0 Å². The third-order valence-corrected chi connectivity index (χ3v) is 13.8. The summed E-state index contributed by atoms with van der Waals surface area (Å²) in [5.74, 6) is 0. The van der Waals surface area contributed by atoms with Gasteiger partial charge in [0.15, 0.2) is 0 Å². The van der Waals surface area contributed by atoms with E-state index in [0.717, 1.165) is 0 Å². The molecule has 0 heteroatoms. The van der Waals surface area contributed by atoms with E-state index in [0.29, 0.717) is 0 Å². The van der Waals surface area contributed by atoms with Crippen molar-refractivity contribution in [1.29, 1.82) is 0 Å². The van der Waals surface area contributed by atoms with Crippen molar-refractivity contribution in [3.63, 3.8) is 0 Å². The fourth-order valence-electron chi connectivity index (χ4n) is 11.1. The second kappa shape index (κ2) is 11.9. The van der Waals surface area contributed by atoms with Crippen molar-refractivity contribution in [2.45, 2.75) is 38.5 Å². The first-order valence-electron chi connectivity index (χ1n) is 20.7. The van der Waals surface area contributed by atoms with Crippen molar-refractivity contribution >= 4 is 43.1 Å². The maximum atomic E-state index is 2.50. The highest BCUT2D eigenvalue weighted by Gasteiger charge is 2.39. The third kappa shape index (κ3) is 4.46. The Balaban J connectivity index is 1.000. The molecule has 0 aromatic heterocycles. The topological polar surface area (TPSA) is 0 Å². The summed E-state index contributed by atoms with van der Waals surface area (Å²) in [4.78, 5) is 0. The molecular formula is C58H42. The molecule has 0 heterocycles. The summed E-state index contributed by atoms with van der Waals surface area (Å²) in [6.07, 6.45) is 0. The lowest BCUT2D eigenvalue weighted by Gasteiger charge is -2.24. The fraction of sp³-hybridized carbons (Fsp3) is 0.103. The van der Waals surface area contributed by atoms with Gasteiger partial charge < -0.3 is 0 Å². The largest absolute Gasteiger partial charge is 0.0622 e. The maximum absolute atomic E-state index is 2.50. The monoisotopic (exact) mass is 738 g/mol. The van der Waals surface area contributed by atoms with E-state index in [1.165, 1.54) is 121 Å². The first-order chi connectivity index (χ1) is 28.3. The minimum atomic E-state index is -0.174. The molecule has 2 aliphatic rings. The Bertz CT molecular complexity index is 3320. The van der Waals surface area contributed by atoms with Gasteiger partial charge in [0.25, 0.3) is 0 Å². The van der Waals surface area contributed by atoms with E-state index in [2.05, 4.69) is 210 Å². The van der Waals surface area contributed by atoms with Crippen molar-refractivity contribution in [3.05, 3.63) is 204 Å². The standard InChI is InChI=1S/C58H42/c1-57(2)51-33-37(36-28-31-50-49(32-36)55-43-20-10-8-18-39(43)40-19-9-15-25-48(40)56(55)58(50,3)4)26-29-41(51)42-30-27-38(34-52(42)57)54-46-23-13-11-21-44(46)53(35-16-6-5-7-17-35)45-22-12-14-24-47(45)54/h5-34H,1-4H3. The molecule has 0 fully saturated rings. The minimum Gasteiger partial charge on any atom is -0.0622 e. The van der Waals surface area contributed by atoms with Gasteiger partial charge in [-0.25, -0.2) is 0 Å². The summed E-state index contributed by atoms with van der Waals surface area (Å²) in [5, 5.41) is 10.5. The molecule has 0 saturated heterocycles. The second-order valence-electron chi connectivity index (χ2n) is 17.6. The van der Waals surface area contributed by atoms with E-state index in [-0.39, 0.29) is 10.8 Å². The average molecular weight is 739 g/mol. The predicted molar refractivity (Wildman–Crippen MR) is 248 cm³/mol. The summed E-state index contributed by atoms with van der Waals surface area (Å²) in [5.41, 5.74) is 18.5. The molecule has 0 atom stereocenters. The maximum Gasteiger partial charge on any atom is 0.0165 e. The van der Waals surface area contributed by atoms with Crippen molar-refractivity contribution in [3.8, 4) is 55.6 Å². The Morgan fingerprint density at radius 3 is 1.26 bits per heavy atom. The van der Waals surface area contributed by atoms with Crippen LogP contribution in [0.2, 0.25) is 0 Å². The summed E-state index contributed by atoms with van der Waals surface area (Å²) in [6, 6.07) is 68.5. The lowest BCUT2D eigenvalue weighted by Crippen LogP contribution is -2.15. The van der Waals surface area contributed by atoms with Gasteiger partial charge in [-0.3, -0.25) is 0 Å². The van der Waals surface area contributed by atoms with Crippen LogP contribution in [0.5, 0.6) is 0 Å². The van der Waals surface area contributed by atoms with Gasteiger partial charge in [0.2, 0.25) is 0 Å². The smallest absolute Gasteiger partial charge is 0.0165 e.